The van der Waals surface area contributed by atoms with E-state index in [9.17, 15) is 4.79 Å². The first kappa shape index (κ1) is 20.2. The minimum Gasteiger partial charge on any atom is -0.310 e. The van der Waals surface area contributed by atoms with E-state index in [1.807, 2.05) is 43.3 Å². The fourth-order valence-electron chi connectivity index (χ4n) is 3.58. The Bertz CT molecular complexity index is 1440. The molecule has 32 heavy (non-hydrogen) atoms. The number of benzene rings is 2. The molecule has 1 amide bonds. The van der Waals surface area contributed by atoms with Crippen LogP contribution in [-0.4, -0.2) is 41.0 Å². The number of hydrogen-bond acceptors (Lipinski definition) is 6. The Morgan fingerprint density at radius 1 is 1.06 bits per heavy atom. The van der Waals surface area contributed by atoms with Crippen LogP contribution in [0, 0.1) is 13.8 Å². The van der Waals surface area contributed by atoms with Crippen LogP contribution in [0.5, 0.6) is 0 Å². The molecule has 0 aliphatic heterocycles. The maximum absolute atomic E-state index is 12.7. The molecule has 3 aromatic heterocycles. The number of thioether (sulfide) groups is 1. The minimum absolute atomic E-state index is 0.138. The van der Waals surface area contributed by atoms with Gasteiger partial charge in [0, 0.05) is 11.5 Å². The van der Waals surface area contributed by atoms with Gasteiger partial charge in [-0.3, -0.25) is 4.79 Å². The maximum atomic E-state index is 12.7. The highest BCUT2D eigenvalue weighted by atomic mass is 32.2. The number of carbonyl (C=O) groups is 1. The lowest BCUT2D eigenvalue weighted by Crippen LogP contribution is -2.18. The third kappa shape index (κ3) is 4.06. The molecule has 0 saturated carbocycles. The second-order valence-electron chi connectivity index (χ2n) is 7.51. The van der Waals surface area contributed by atoms with E-state index in [0.29, 0.717) is 23.3 Å². The zero-order chi connectivity index (χ0) is 22.1. The first-order chi connectivity index (χ1) is 15.6. The molecule has 0 fully saturated rings. The van der Waals surface area contributed by atoms with Crippen molar-refractivity contribution in [1.82, 2.24) is 29.4 Å². The van der Waals surface area contributed by atoms with Crippen LogP contribution in [0.1, 0.15) is 17.0 Å². The number of carbonyl (C=O) groups excluding carboxylic acids is 1. The van der Waals surface area contributed by atoms with Gasteiger partial charge < -0.3 is 5.32 Å². The smallest absolute Gasteiger partial charge is 0.235 e. The SMILES string of the molecule is Cc1cccc(Cn2nccc2NC(=O)CSc2nc3ccccc3c3nc(C)nn23)c1. The zero-order valence-electron chi connectivity index (χ0n) is 17.7. The Morgan fingerprint density at radius 2 is 1.94 bits per heavy atom. The Morgan fingerprint density at radius 3 is 2.81 bits per heavy atom. The third-order valence-electron chi connectivity index (χ3n) is 4.99. The second kappa shape index (κ2) is 8.43. The standard InChI is InChI=1S/C23H21N7OS/c1-15-6-5-7-17(12-15)13-29-20(10-11-24-29)27-21(31)14-32-23-26-19-9-4-3-8-18(19)22-25-16(2)28-30(22)23/h3-12H,13-14H2,1-2H3,(H,27,31). The van der Waals surface area contributed by atoms with E-state index in [1.54, 1.807) is 21.5 Å². The molecule has 3 heterocycles. The van der Waals surface area contributed by atoms with Crippen molar-refractivity contribution in [2.45, 2.75) is 25.5 Å². The fraction of sp³-hybridized carbons (Fsp3) is 0.174. The van der Waals surface area contributed by atoms with Crippen molar-refractivity contribution >= 4 is 40.0 Å². The highest BCUT2D eigenvalue weighted by Gasteiger charge is 2.15. The Balaban J connectivity index is 1.32. The number of hydrogen-bond donors (Lipinski definition) is 1. The van der Waals surface area contributed by atoms with E-state index in [-0.39, 0.29) is 11.7 Å². The molecule has 0 bridgehead atoms. The highest BCUT2D eigenvalue weighted by molar-refractivity contribution is 7.99. The zero-order valence-corrected chi connectivity index (χ0v) is 18.5. The number of aryl methyl sites for hydroxylation is 2. The monoisotopic (exact) mass is 443 g/mol. The van der Waals surface area contributed by atoms with Crippen molar-refractivity contribution in [3.63, 3.8) is 0 Å². The van der Waals surface area contributed by atoms with Gasteiger partial charge in [0.2, 0.25) is 5.91 Å². The van der Waals surface area contributed by atoms with Crippen molar-refractivity contribution < 1.29 is 4.79 Å². The third-order valence-corrected chi connectivity index (χ3v) is 5.92. The van der Waals surface area contributed by atoms with Crippen molar-refractivity contribution in [1.29, 1.82) is 0 Å². The number of nitrogens with one attached hydrogen (secondary N) is 1. The summed E-state index contributed by atoms with van der Waals surface area (Å²) in [5.74, 6) is 1.37. The average molecular weight is 444 g/mol. The molecular formula is C23H21N7OS. The molecule has 0 aliphatic carbocycles. The normalized spacial score (nSPS) is 11.3. The second-order valence-corrected chi connectivity index (χ2v) is 8.45. The van der Waals surface area contributed by atoms with Crippen molar-refractivity contribution in [3.8, 4) is 0 Å². The Hall–Kier alpha value is -3.72. The van der Waals surface area contributed by atoms with Crippen molar-refractivity contribution in [3.05, 3.63) is 77.7 Å². The summed E-state index contributed by atoms with van der Waals surface area (Å²) in [6, 6.07) is 17.8. The lowest BCUT2D eigenvalue weighted by Gasteiger charge is -2.10. The van der Waals surface area contributed by atoms with E-state index < -0.39 is 0 Å². The van der Waals surface area contributed by atoms with Crippen molar-refractivity contribution in [2.75, 3.05) is 11.1 Å². The van der Waals surface area contributed by atoms with Gasteiger partial charge in [0.25, 0.3) is 0 Å². The molecule has 8 nitrogen and oxygen atoms in total. The van der Waals surface area contributed by atoms with E-state index >= 15 is 0 Å². The van der Waals surface area contributed by atoms with Crippen LogP contribution in [0.2, 0.25) is 0 Å². The summed E-state index contributed by atoms with van der Waals surface area (Å²) in [5, 5.41) is 13.3. The van der Waals surface area contributed by atoms with Crippen LogP contribution in [0.3, 0.4) is 0 Å². The number of fused-ring (bicyclic) bond motifs is 3. The molecule has 0 unspecified atom stereocenters. The van der Waals surface area contributed by atoms with Gasteiger partial charge in [-0.05, 0) is 31.5 Å². The summed E-state index contributed by atoms with van der Waals surface area (Å²) in [4.78, 5) is 21.9. The van der Waals surface area contributed by atoms with Gasteiger partial charge >= 0.3 is 0 Å². The average Bonchev–Trinajstić information content (AvgIpc) is 3.38. The van der Waals surface area contributed by atoms with E-state index in [0.717, 1.165) is 22.1 Å². The van der Waals surface area contributed by atoms with E-state index in [1.165, 1.54) is 17.3 Å². The van der Waals surface area contributed by atoms with Gasteiger partial charge in [0.05, 0.1) is 24.0 Å². The Labute approximate surface area is 188 Å². The number of anilines is 1. The minimum atomic E-state index is -0.138. The van der Waals surface area contributed by atoms with Gasteiger partial charge in [-0.25, -0.2) is 14.6 Å². The molecule has 0 spiro atoms. The molecule has 160 valence electrons. The summed E-state index contributed by atoms with van der Waals surface area (Å²) in [5.41, 5.74) is 3.89. The largest absolute Gasteiger partial charge is 0.310 e. The summed E-state index contributed by atoms with van der Waals surface area (Å²) in [6.45, 7) is 4.49. The highest BCUT2D eigenvalue weighted by Crippen LogP contribution is 2.24. The topological polar surface area (TPSA) is 90.0 Å². The summed E-state index contributed by atoms with van der Waals surface area (Å²) >= 11 is 1.33. The van der Waals surface area contributed by atoms with Crippen LogP contribution >= 0.6 is 11.8 Å². The number of aromatic nitrogens is 6. The molecule has 2 aromatic carbocycles. The lowest BCUT2D eigenvalue weighted by atomic mass is 10.1. The first-order valence-electron chi connectivity index (χ1n) is 10.2. The Kier molecular flexibility index (Phi) is 5.32. The van der Waals surface area contributed by atoms with Gasteiger partial charge in [0.15, 0.2) is 10.8 Å². The van der Waals surface area contributed by atoms with Gasteiger partial charge in [0.1, 0.15) is 11.6 Å². The summed E-state index contributed by atoms with van der Waals surface area (Å²) < 4.78 is 3.49. The summed E-state index contributed by atoms with van der Waals surface area (Å²) in [6.07, 6.45) is 1.69. The molecule has 0 atom stereocenters. The predicted molar refractivity (Wildman–Crippen MR) is 125 cm³/mol. The van der Waals surface area contributed by atoms with Crippen LogP contribution < -0.4 is 5.32 Å². The molecule has 1 N–H and O–H groups in total. The molecule has 0 saturated heterocycles. The van der Waals surface area contributed by atoms with Crippen LogP contribution in [0.4, 0.5) is 5.82 Å². The van der Waals surface area contributed by atoms with Crippen molar-refractivity contribution in [2.24, 2.45) is 0 Å². The number of nitrogens with zero attached hydrogens (tertiary/aromatic N) is 6. The fourth-order valence-corrected chi connectivity index (χ4v) is 4.33. The number of rotatable bonds is 6. The van der Waals surface area contributed by atoms with Gasteiger partial charge in [-0.2, -0.15) is 9.61 Å². The quantitative estimate of drug-likeness (QED) is 0.317. The molecule has 5 rings (SSSR count). The van der Waals surface area contributed by atoms with Gasteiger partial charge in [-0.1, -0.05) is 53.7 Å². The molecule has 0 radical (unpaired) electrons. The lowest BCUT2D eigenvalue weighted by molar-refractivity contribution is -0.113. The van der Waals surface area contributed by atoms with E-state index in [2.05, 4.69) is 39.6 Å². The van der Waals surface area contributed by atoms with Crippen LogP contribution in [0.15, 0.2) is 66.0 Å². The molecule has 0 aliphatic rings. The van der Waals surface area contributed by atoms with Crippen LogP contribution in [0.25, 0.3) is 16.6 Å². The van der Waals surface area contributed by atoms with E-state index in [4.69, 9.17) is 4.98 Å². The number of para-hydroxylation sites is 1. The van der Waals surface area contributed by atoms with Gasteiger partial charge in [-0.15, -0.1) is 5.10 Å². The maximum Gasteiger partial charge on any atom is 0.235 e. The molecule has 5 aromatic rings. The molecule has 9 heteroatoms. The summed E-state index contributed by atoms with van der Waals surface area (Å²) in [7, 11) is 0. The molecular weight excluding hydrogens is 422 g/mol. The predicted octanol–water partition coefficient (Wildman–Crippen LogP) is 3.87. The van der Waals surface area contributed by atoms with Crippen LogP contribution in [-0.2, 0) is 11.3 Å². The number of amides is 1. The first-order valence-corrected chi connectivity index (χ1v) is 11.2.